The summed E-state index contributed by atoms with van der Waals surface area (Å²) in [6.07, 6.45) is 2.20. The molecule has 1 aliphatic rings. The Labute approximate surface area is 89.0 Å². The summed E-state index contributed by atoms with van der Waals surface area (Å²) in [6.45, 7) is 2.13. The average Bonchev–Trinajstić information content (AvgIpc) is 2.44. The number of hydrogen-bond acceptors (Lipinski definition) is 2. The van der Waals surface area contributed by atoms with Crippen molar-refractivity contribution in [3.8, 4) is 5.75 Å². The molecular formula is C11H14ClNO. The van der Waals surface area contributed by atoms with Gasteiger partial charge in [-0.1, -0.05) is 31.0 Å². The average molecular weight is 212 g/mol. The standard InChI is InChI=1S/C11H14ClNO/c1-2-3-9-11(13)8-5-4-7(12)6-10(8)14-9/h4-6,9,11H,2-3,13H2,1H3. The molecule has 2 atom stereocenters. The largest absolute Gasteiger partial charge is 0.488 e. The Hall–Kier alpha value is -0.730. The maximum absolute atomic E-state index is 6.06. The summed E-state index contributed by atoms with van der Waals surface area (Å²) in [5, 5.41) is 0.702. The molecule has 1 aromatic carbocycles. The van der Waals surface area contributed by atoms with Crippen molar-refractivity contribution in [2.24, 2.45) is 5.73 Å². The molecule has 2 N–H and O–H groups in total. The highest BCUT2D eigenvalue weighted by atomic mass is 35.5. The topological polar surface area (TPSA) is 35.2 Å². The summed E-state index contributed by atoms with van der Waals surface area (Å²) in [6, 6.07) is 5.66. The molecule has 0 aromatic heterocycles. The second kappa shape index (κ2) is 3.79. The lowest BCUT2D eigenvalue weighted by Crippen LogP contribution is -2.24. The molecule has 1 heterocycles. The van der Waals surface area contributed by atoms with Crippen molar-refractivity contribution in [3.63, 3.8) is 0 Å². The van der Waals surface area contributed by atoms with E-state index < -0.39 is 0 Å². The van der Waals surface area contributed by atoms with Crippen LogP contribution in [0.5, 0.6) is 5.75 Å². The van der Waals surface area contributed by atoms with Crippen molar-refractivity contribution in [2.45, 2.75) is 31.9 Å². The highest BCUT2D eigenvalue weighted by Crippen LogP contribution is 2.38. The Balaban J connectivity index is 2.26. The van der Waals surface area contributed by atoms with Crippen molar-refractivity contribution in [3.05, 3.63) is 28.8 Å². The molecule has 1 aliphatic heterocycles. The number of benzene rings is 1. The smallest absolute Gasteiger partial charge is 0.126 e. The predicted molar refractivity (Wildman–Crippen MR) is 57.7 cm³/mol. The molecule has 0 saturated heterocycles. The van der Waals surface area contributed by atoms with Gasteiger partial charge < -0.3 is 10.5 Å². The van der Waals surface area contributed by atoms with E-state index in [-0.39, 0.29) is 12.1 Å². The molecule has 76 valence electrons. The fraction of sp³-hybridized carbons (Fsp3) is 0.455. The molecule has 2 unspecified atom stereocenters. The number of ether oxygens (including phenoxy) is 1. The van der Waals surface area contributed by atoms with Gasteiger partial charge in [-0.15, -0.1) is 0 Å². The SMILES string of the molecule is CCCC1Oc2cc(Cl)ccc2C1N. The van der Waals surface area contributed by atoms with E-state index in [0.29, 0.717) is 5.02 Å². The molecule has 14 heavy (non-hydrogen) atoms. The van der Waals surface area contributed by atoms with Gasteiger partial charge in [-0.05, 0) is 18.6 Å². The molecule has 0 aliphatic carbocycles. The van der Waals surface area contributed by atoms with Crippen molar-refractivity contribution in [1.82, 2.24) is 0 Å². The molecule has 0 bridgehead atoms. The summed E-state index contributed by atoms with van der Waals surface area (Å²) in [5.41, 5.74) is 7.14. The molecule has 2 nitrogen and oxygen atoms in total. The molecule has 0 saturated carbocycles. The van der Waals surface area contributed by atoms with E-state index in [9.17, 15) is 0 Å². The summed E-state index contributed by atoms with van der Waals surface area (Å²) in [7, 11) is 0. The van der Waals surface area contributed by atoms with Gasteiger partial charge >= 0.3 is 0 Å². The maximum Gasteiger partial charge on any atom is 0.126 e. The van der Waals surface area contributed by atoms with Gasteiger partial charge in [0.2, 0.25) is 0 Å². The van der Waals surface area contributed by atoms with Crippen LogP contribution in [0.3, 0.4) is 0 Å². The summed E-state index contributed by atoms with van der Waals surface area (Å²) in [4.78, 5) is 0. The van der Waals surface area contributed by atoms with Gasteiger partial charge in [0.15, 0.2) is 0 Å². The Bertz CT molecular complexity index is 340. The summed E-state index contributed by atoms with van der Waals surface area (Å²) in [5.74, 6) is 0.850. The van der Waals surface area contributed by atoms with E-state index in [1.807, 2.05) is 18.2 Å². The first-order chi connectivity index (χ1) is 6.72. The zero-order chi connectivity index (χ0) is 10.1. The van der Waals surface area contributed by atoms with Crippen molar-refractivity contribution < 1.29 is 4.74 Å². The minimum atomic E-state index is 0.00205. The van der Waals surface area contributed by atoms with Gasteiger partial charge in [-0.25, -0.2) is 0 Å². The fourth-order valence-electron chi connectivity index (χ4n) is 1.85. The van der Waals surface area contributed by atoms with Crippen molar-refractivity contribution in [1.29, 1.82) is 0 Å². The van der Waals surface area contributed by atoms with Crippen LogP contribution < -0.4 is 10.5 Å². The molecule has 0 fully saturated rings. The zero-order valence-corrected chi connectivity index (χ0v) is 8.92. The fourth-order valence-corrected chi connectivity index (χ4v) is 2.01. The zero-order valence-electron chi connectivity index (χ0n) is 8.16. The van der Waals surface area contributed by atoms with Crippen LogP contribution in [0.2, 0.25) is 5.02 Å². The molecule has 0 spiro atoms. The molecule has 2 rings (SSSR count). The van der Waals surface area contributed by atoms with E-state index >= 15 is 0 Å². The maximum atomic E-state index is 6.06. The van der Waals surface area contributed by atoms with Crippen LogP contribution in [0.4, 0.5) is 0 Å². The molecule has 0 amide bonds. The van der Waals surface area contributed by atoms with Gasteiger partial charge in [0.1, 0.15) is 11.9 Å². The van der Waals surface area contributed by atoms with E-state index in [4.69, 9.17) is 22.1 Å². The van der Waals surface area contributed by atoms with E-state index in [1.54, 1.807) is 0 Å². The van der Waals surface area contributed by atoms with Crippen LogP contribution in [-0.2, 0) is 0 Å². The Morgan fingerprint density at radius 1 is 1.50 bits per heavy atom. The lowest BCUT2D eigenvalue weighted by atomic mass is 10.0. The second-order valence-corrected chi connectivity index (χ2v) is 4.09. The minimum absolute atomic E-state index is 0.00205. The van der Waals surface area contributed by atoms with Crippen LogP contribution in [0.15, 0.2) is 18.2 Å². The van der Waals surface area contributed by atoms with Crippen molar-refractivity contribution >= 4 is 11.6 Å². The Kier molecular flexibility index (Phi) is 2.66. The first-order valence-corrected chi connectivity index (χ1v) is 5.32. The molecule has 3 heteroatoms. The van der Waals surface area contributed by atoms with Crippen LogP contribution in [0.1, 0.15) is 31.4 Å². The second-order valence-electron chi connectivity index (χ2n) is 3.65. The minimum Gasteiger partial charge on any atom is -0.488 e. The third-order valence-corrected chi connectivity index (χ3v) is 2.82. The first-order valence-electron chi connectivity index (χ1n) is 4.94. The van der Waals surface area contributed by atoms with Crippen LogP contribution in [0.25, 0.3) is 0 Å². The van der Waals surface area contributed by atoms with Crippen molar-refractivity contribution in [2.75, 3.05) is 0 Å². The van der Waals surface area contributed by atoms with E-state index in [0.717, 1.165) is 24.2 Å². The summed E-state index contributed by atoms with van der Waals surface area (Å²) >= 11 is 5.88. The molecule has 1 aromatic rings. The predicted octanol–water partition coefficient (Wildman–Crippen LogP) is 2.90. The first kappa shape index (κ1) is 9.81. The van der Waals surface area contributed by atoms with E-state index in [1.165, 1.54) is 0 Å². The third kappa shape index (κ3) is 1.60. The van der Waals surface area contributed by atoms with Gasteiger partial charge in [0.25, 0.3) is 0 Å². The Morgan fingerprint density at radius 3 is 3.00 bits per heavy atom. The molecular weight excluding hydrogens is 198 g/mol. The summed E-state index contributed by atoms with van der Waals surface area (Å²) < 4.78 is 5.73. The van der Waals surface area contributed by atoms with Crippen LogP contribution in [-0.4, -0.2) is 6.10 Å². The monoisotopic (exact) mass is 211 g/mol. The normalized spacial score (nSPS) is 24.5. The van der Waals surface area contributed by atoms with Crippen LogP contribution >= 0.6 is 11.6 Å². The van der Waals surface area contributed by atoms with Crippen LogP contribution in [0, 0.1) is 0 Å². The van der Waals surface area contributed by atoms with Gasteiger partial charge in [0.05, 0.1) is 6.04 Å². The quantitative estimate of drug-likeness (QED) is 0.817. The lowest BCUT2D eigenvalue weighted by molar-refractivity contribution is 0.195. The van der Waals surface area contributed by atoms with Gasteiger partial charge in [-0.3, -0.25) is 0 Å². The third-order valence-electron chi connectivity index (χ3n) is 2.59. The number of rotatable bonds is 2. The number of halogens is 1. The molecule has 0 radical (unpaired) electrons. The van der Waals surface area contributed by atoms with Gasteiger partial charge in [0, 0.05) is 10.6 Å². The number of fused-ring (bicyclic) bond motifs is 1. The Morgan fingerprint density at radius 2 is 2.29 bits per heavy atom. The lowest BCUT2D eigenvalue weighted by Gasteiger charge is -2.13. The van der Waals surface area contributed by atoms with E-state index in [2.05, 4.69) is 6.92 Å². The highest BCUT2D eigenvalue weighted by molar-refractivity contribution is 6.30. The number of nitrogens with two attached hydrogens (primary N) is 1. The van der Waals surface area contributed by atoms with Gasteiger partial charge in [-0.2, -0.15) is 0 Å². The highest BCUT2D eigenvalue weighted by Gasteiger charge is 2.30. The number of hydrogen-bond donors (Lipinski definition) is 1.